The minimum atomic E-state index is 1.02. The van der Waals surface area contributed by atoms with E-state index in [4.69, 9.17) is 0 Å². The Balaban J connectivity index is 1.64. The van der Waals surface area contributed by atoms with E-state index in [1.807, 2.05) is 12.3 Å². The van der Waals surface area contributed by atoms with E-state index in [9.17, 15) is 0 Å². The van der Waals surface area contributed by atoms with E-state index >= 15 is 0 Å². The summed E-state index contributed by atoms with van der Waals surface area (Å²) in [5, 5.41) is 11.9. The molecule has 8 aromatic rings. The van der Waals surface area contributed by atoms with Crippen molar-refractivity contribution >= 4 is 65.0 Å². The molecule has 0 radical (unpaired) electrons. The van der Waals surface area contributed by atoms with Crippen LogP contribution < -0.4 is 0 Å². The maximum atomic E-state index is 4.64. The Hall–Kier alpha value is -4.69. The van der Waals surface area contributed by atoms with Gasteiger partial charge in [0.15, 0.2) is 0 Å². The van der Waals surface area contributed by atoms with Crippen LogP contribution in [-0.2, 0) is 0 Å². The van der Waals surface area contributed by atoms with Crippen LogP contribution in [-0.4, -0.2) is 9.55 Å². The molecule has 0 saturated carbocycles. The van der Waals surface area contributed by atoms with Gasteiger partial charge in [0.1, 0.15) is 0 Å². The van der Waals surface area contributed by atoms with Crippen LogP contribution in [0.5, 0.6) is 0 Å². The molecular formula is C33H18N2. The molecule has 1 aliphatic rings. The summed E-state index contributed by atoms with van der Waals surface area (Å²) in [4.78, 5) is 4.64. The smallest absolute Gasteiger partial charge is 0.0723 e. The summed E-state index contributed by atoms with van der Waals surface area (Å²) in [5.41, 5.74) is 7.30. The highest BCUT2D eigenvalue weighted by Crippen LogP contribution is 2.49. The van der Waals surface area contributed by atoms with Gasteiger partial charge in [0.25, 0.3) is 0 Å². The van der Waals surface area contributed by atoms with Crippen molar-refractivity contribution in [3.8, 4) is 16.8 Å². The number of hydrogen-bond acceptors (Lipinski definition) is 1. The van der Waals surface area contributed by atoms with Gasteiger partial charge in [-0.15, -0.1) is 0 Å². The molecule has 0 aliphatic heterocycles. The molecule has 2 aromatic heterocycles. The van der Waals surface area contributed by atoms with E-state index in [-0.39, 0.29) is 0 Å². The summed E-state index contributed by atoms with van der Waals surface area (Å²) in [6.45, 7) is 0. The Morgan fingerprint density at radius 3 is 1.97 bits per heavy atom. The minimum absolute atomic E-state index is 1.02. The van der Waals surface area contributed by atoms with Crippen molar-refractivity contribution in [3.05, 3.63) is 109 Å². The van der Waals surface area contributed by atoms with Crippen molar-refractivity contribution in [2.75, 3.05) is 0 Å². The summed E-state index contributed by atoms with van der Waals surface area (Å²) in [7, 11) is 0. The fourth-order valence-electron chi connectivity index (χ4n) is 6.55. The Bertz CT molecular complexity index is 2210. The lowest BCUT2D eigenvalue weighted by Crippen LogP contribution is -1.96. The standard InChI is InChI=1S/C33H18N2/c1-5-19-12-13-20-14-15-21-16-17-28-33-31(21)30(20)29(19)22(6-1)23-7-2-11-27(32(23)33)35(28)26-10-3-9-25-24(26)8-4-18-34-25/h1-18H. The molecule has 0 atom stereocenters. The van der Waals surface area contributed by atoms with Crippen LogP contribution in [0.15, 0.2) is 109 Å². The van der Waals surface area contributed by atoms with Gasteiger partial charge in [-0.1, -0.05) is 66.7 Å². The van der Waals surface area contributed by atoms with Gasteiger partial charge in [0.2, 0.25) is 0 Å². The first kappa shape index (κ1) is 17.7. The highest BCUT2D eigenvalue weighted by molar-refractivity contribution is 6.38. The molecule has 1 aliphatic carbocycles. The number of hydrogen-bond donors (Lipinski definition) is 0. The average molecular weight is 443 g/mol. The first-order valence-electron chi connectivity index (χ1n) is 12.1. The molecule has 0 saturated heterocycles. The lowest BCUT2D eigenvalue weighted by molar-refractivity contribution is 1.19. The van der Waals surface area contributed by atoms with Crippen molar-refractivity contribution in [1.82, 2.24) is 9.55 Å². The summed E-state index contributed by atoms with van der Waals surface area (Å²) in [6, 6.07) is 37.9. The normalized spacial score (nSPS) is 12.6. The van der Waals surface area contributed by atoms with Gasteiger partial charge in [-0.3, -0.25) is 4.98 Å². The zero-order chi connectivity index (χ0) is 22.7. The first-order valence-corrected chi connectivity index (χ1v) is 12.1. The van der Waals surface area contributed by atoms with Crippen LogP contribution in [0.25, 0.3) is 81.8 Å². The summed E-state index contributed by atoms with van der Waals surface area (Å²) in [5.74, 6) is 0. The minimum Gasteiger partial charge on any atom is -0.309 e. The summed E-state index contributed by atoms with van der Waals surface area (Å²) < 4.78 is 2.45. The van der Waals surface area contributed by atoms with Crippen LogP contribution in [0.4, 0.5) is 0 Å². The number of nitrogens with zero attached hydrogens (tertiary/aromatic N) is 2. The molecule has 160 valence electrons. The highest BCUT2D eigenvalue weighted by Gasteiger charge is 2.24. The molecule has 0 amide bonds. The van der Waals surface area contributed by atoms with Crippen molar-refractivity contribution in [3.63, 3.8) is 0 Å². The number of benzene rings is 6. The second-order valence-electron chi connectivity index (χ2n) is 9.57. The summed E-state index contributed by atoms with van der Waals surface area (Å²) >= 11 is 0. The quantitative estimate of drug-likeness (QED) is 0.232. The molecule has 35 heavy (non-hydrogen) atoms. The summed E-state index contributed by atoms with van der Waals surface area (Å²) in [6.07, 6.45) is 1.87. The van der Waals surface area contributed by atoms with E-state index in [1.165, 1.54) is 70.9 Å². The molecule has 2 heterocycles. The first-order chi connectivity index (χ1) is 17.4. The Morgan fingerprint density at radius 2 is 1.11 bits per heavy atom. The van der Waals surface area contributed by atoms with Gasteiger partial charge >= 0.3 is 0 Å². The van der Waals surface area contributed by atoms with Crippen LogP contribution >= 0.6 is 0 Å². The van der Waals surface area contributed by atoms with Crippen molar-refractivity contribution in [1.29, 1.82) is 0 Å². The highest BCUT2D eigenvalue weighted by atomic mass is 15.0. The fraction of sp³-hybridized carbons (Fsp3) is 0. The maximum Gasteiger partial charge on any atom is 0.0723 e. The van der Waals surface area contributed by atoms with E-state index in [0.717, 1.165) is 10.9 Å². The van der Waals surface area contributed by atoms with Gasteiger partial charge in [-0.2, -0.15) is 0 Å². The van der Waals surface area contributed by atoms with Gasteiger partial charge in [-0.25, -0.2) is 0 Å². The predicted molar refractivity (Wildman–Crippen MR) is 148 cm³/mol. The fourth-order valence-corrected chi connectivity index (χ4v) is 6.55. The molecular weight excluding hydrogens is 424 g/mol. The predicted octanol–water partition coefficient (Wildman–Crippen LogP) is 8.77. The molecule has 0 N–H and O–H groups in total. The Kier molecular flexibility index (Phi) is 3.07. The van der Waals surface area contributed by atoms with Crippen LogP contribution in [0.1, 0.15) is 0 Å². The second kappa shape index (κ2) is 6.05. The van der Waals surface area contributed by atoms with Crippen molar-refractivity contribution in [2.45, 2.75) is 0 Å². The van der Waals surface area contributed by atoms with Crippen LogP contribution in [0.3, 0.4) is 0 Å². The van der Waals surface area contributed by atoms with Crippen molar-refractivity contribution in [2.24, 2.45) is 0 Å². The number of aromatic nitrogens is 2. The lowest BCUT2D eigenvalue weighted by Gasteiger charge is -2.14. The van der Waals surface area contributed by atoms with Gasteiger partial charge in [0.05, 0.1) is 22.2 Å². The number of rotatable bonds is 1. The topological polar surface area (TPSA) is 17.8 Å². The molecule has 9 rings (SSSR count). The molecule has 2 heteroatoms. The third kappa shape index (κ3) is 2.05. The molecule has 0 unspecified atom stereocenters. The van der Waals surface area contributed by atoms with Crippen LogP contribution in [0.2, 0.25) is 0 Å². The van der Waals surface area contributed by atoms with E-state index in [1.54, 1.807) is 0 Å². The van der Waals surface area contributed by atoms with Crippen molar-refractivity contribution < 1.29 is 0 Å². The van der Waals surface area contributed by atoms with E-state index < -0.39 is 0 Å². The van der Waals surface area contributed by atoms with Gasteiger partial charge in [-0.05, 0) is 74.5 Å². The molecule has 2 nitrogen and oxygen atoms in total. The Labute approximate surface area is 200 Å². The molecule has 6 aromatic carbocycles. The third-order valence-electron chi connectivity index (χ3n) is 7.91. The zero-order valence-electron chi connectivity index (χ0n) is 18.8. The third-order valence-corrected chi connectivity index (χ3v) is 7.91. The average Bonchev–Trinajstić information content (AvgIpc) is 3.19. The van der Waals surface area contributed by atoms with Crippen LogP contribution in [0, 0.1) is 0 Å². The number of fused-ring (bicyclic) bond motifs is 2. The largest absolute Gasteiger partial charge is 0.309 e. The molecule has 0 fully saturated rings. The SMILES string of the molecule is c1cc2c3c(c1)ccc1ccc4ccc5c(c6c-2cccc6n5-c2cccc5ncccc25)c4c13. The second-order valence-corrected chi connectivity index (χ2v) is 9.57. The van der Waals surface area contributed by atoms with Gasteiger partial charge in [0, 0.05) is 27.7 Å². The van der Waals surface area contributed by atoms with E-state index in [2.05, 4.69) is 107 Å². The van der Waals surface area contributed by atoms with Gasteiger partial charge < -0.3 is 4.57 Å². The molecule has 0 spiro atoms. The number of pyridine rings is 1. The van der Waals surface area contributed by atoms with E-state index in [0.29, 0.717) is 0 Å². The maximum absolute atomic E-state index is 4.64. The zero-order valence-corrected chi connectivity index (χ0v) is 18.8. The Morgan fingerprint density at radius 1 is 0.457 bits per heavy atom. The lowest BCUT2D eigenvalue weighted by atomic mass is 9.93. The molecule has 0 bridgehead atoms. The monoisotopic (exact) mass is 442 g/mol.